The van der Waals surface area contributed by atoms with Crippen molar-refractivity contribution in [2.75, 3.05) is 0 Å². The Morgan fingerprint density at radius 2 is 2.14 bits per heavy atom. The largest absolute Gasteiger partial charge is 0.480 e. The van der Waals surface area contributed by atoms with Crippen molar-refractivity contribution in [1.82, 2.24) is 15.3 Å². The number of aromatic nitrogens is 2. The molecule has 0 aliphatic rings. The topological polar surface area (TPSA) is 95.1 Å². The first-order valence-electron chi connectivity index (χ1n) is 5.94. The molecule has 6 nitrogen and oxygen atoms in total. The van der Waals surface area contributed by atoms with E-state index in [0.29, 0.717) is 5.69 Å². The van der Waals surface area contributed by atoms with Crippen LogP contribution in [0.2, 0.25) is 10.0 Å². The van der Waals surface area contributed by atoms with Gasteiger partial charge in [-0.05, 0) is 12.1 Å². The van der Waals surface area contributed by atoms with E-state index >= 15 is 0 Å². The van der Waals surface area contributed by atoms with Crippen molar-refractivity contribution in [2.24, 2.45) is 0 Å². The number of benzene rings is 1. The molecule has 110 valence electrons. The number of carbonyl (C=O) groups excluding carboxylic acids is 1. The summed E-state index contributed by atoms with van der Waals surface area (Å²) < 4.78 is 0. The van der Waals surface area contributed by atoms with Gasteiger partial charge in [-0.2, -0.15) is 0 Å². The molecule has 0 aliphatic carbocycles. The molecule has 1 heterocycles. The van der Waals surface area contributed by atoms with Crippen LogP contribution in [0, 0.1) is 0 Å². The minimum absolute atomic E-state index is 0.0826. The molecular weight excluding hydrogens is 317 g/mol. The second-order valence-electron chi connectivity index (χ2n) is 4.25. The van der Waals surface area contributed by atoms with E-state index in [1.165, 1.54) is 18.6 Å². The number of hydrogen-bond acceptors (Lipinski definition) is 3. The van der Waals surface area contributed by atoms with Crippen LogP contribution in [0.5, 0.6) is 0 Å². The van der Waals surface area contributed by atoms with Crippen LogP contribution in [0.3, 0.4) is 0 Å². The first-order chi connectivity index (χ1) is 9.99. The van der Waals surface area contributed by atoms with Crippen molar-refractivity contribution in [3.8, 4) is 0 Å². The Morgan fingerprint density at radius 1 is 1.38 bits per heavy atom. The van der Waals surface area contributed by atoms with E-state index in [-0.39, 0.29) is 22.0 Å². The number of nitrogens with one attached hydrogen (secondary N) is 2. The molecule has 21 heavy (non-hydrogen) atoms. The van der Waals surface area contributed by atoms with Crippen LogP contribution in [0.4, 0.5) is 0 Å². The number of rotatable bonds is 5. The Balaban J connectivity index is 2.15. The third kappa shape index (κ3) is 3.74. The summed E-state index contributed by atoms with van der Waals surface area (Å²) in [7, 11) is 0. The van der Waals surface area contributed by atoms with Crippen molar-refractivity contribution in [1.29, 1.82) is 0 Å². The van der Waals surface area contributed by atoms with E-state index in [1.54, 1.807) is 12.1 Å². The highest BCUT2D eigenvalue weighted by atomic mass is 35.5. The molecule has 0 saturated heterocycles. The number of halogens is 2. The van der Waals surface area contributed by atoms with Crippen LogP contribution in [0.15, 0.2) is 30.7 Å². The summed E-state index contributed by atoms with van der Waals surface area (Å²) in [6.45, 7) is 0. The van der Waals surface area contributed by atoms with Crippen LogP contribution in [0.1, 0.15) is 16.1 Å². The third-order valence-corrected chi connectivity index (χ3v) is 3.60. The zero-order valence-corrected chi connectivity index (χ0v) is 12.1. The second-order valence-corrected chi connectivity index (χ2v) is 5.03. The van der Waals surface area contributed by atoms with Crippen molar-refractivity contribution in [3.05, 3.63) is 52.0 Å². The second kappa shape index (κ2) is 6.60. The van der Waals surface area contributed by atoms with Gasteiger partial charge in [0.15, 0.2) is 0 Å². The summed E-state index contributed by atoms with van der Waals surface area (Å²) in [5.41, 5.74) is 0.722. The third-order valence-electron chi connectivity index (χ3n) is 2.78. The molecule has 0 saturated carbocycles. The minimum Gasteiger partial charge on any atom is -0.480 e. The molecule has 0 aliphatic heterocycles. The first-order valence-corrected chi connectivity index (χ1v) is 6.69. The lowest BCUT2D eigenvalue weighted by Crippen LogP contribution is -2.42. The highest BCUT2D eigenvalue weighted by Crippen LogP contribution is 2.25. The van der Waals surface area contributed by atoms with Crippen LogP contribution in [-0.2, 0) is 11.2 Å². The fourth-order valence-corrected chi connectivity index (χ4v) is 2.12. The smallest absolute Gasteiger partial charge is 0.326 e. The number of aliphatic carboxylic acids is 1. The number of H-pyrrole nitrogens is 1. The number of carboxylic acids is 1. The molecule has 0 spiro atoms. The number of aromatic amines is 1. The number of hydrogen-bond donors (Lipinski definition) is 3. The quantitative estimate of drug-likeness (QED) is 0.784. The number of carboxylic acid groups (broad SMARTS) is 1. The number of amides is 1. The maximum absolute atomic E-state index is 12.1. The van der Waals surface area contributed by atoms with Crippen LogP contribution in [0.25, 0.3) is 0 Å². The fraction of sp³-hybridized carbons (Fsp3) is 0.154. The molecule has 2 aromatic rings. The van der Waals surface area contributed by atoms with E-state index < -0.39 is 17.9 Å². The van der Waals surface area contributed by atoms with Gasteiger partial charge in [-0.15, -0.1) is 0 Å². The van der Waals surface area contributed by atoms with E-state index in [4.69, 9.17) is 23.2 Å². The summed E-state index contributed by atoms with van der Waals surface area (Å²) in [6.07, 6.45) is 3.01. The summed E-state index contributed by atoms with van der Waals surface area (Å²) in [4.78, 5) is 29.9. The average molecular weight is 328 g/mol. The van der Waals surface area contributed by atoms with Gasteiger partial charge < -0.3 is 15.4 Å². The van der Waals surface area contributed by atoms with Gasteiger partial charge in [0.2, 0.25) is 0 Å². The summed E-state index contributed by atoms with van der Waals surface area (Å²) in [6, 6.07) is 3.47. The Kier molecular flexibility index (Phi) is 4.82. The maximum atomic E-state index is 12.1. The van der Waals surface area contributed by atoms with Crippen LogP contribution < -0.4 is 5.32 Å². The zero-order valence-electron chi connectivity index (χ0n) is 10.6. The molecule has 1 unspecified atom stereocenters. The lowest BCUT2D eigenvalue weighted by atomic mass is 10.1. The molecule has 1 atom stereocenters. The fourth-order valence-electron chi connectivity index (χ4n) is 1.73. The molecule has 8 heteroatoms. The Bertz CT molecular complexity index is 659. The Hall–Kier alpha value is -2.05. The Morgan fingerprint density at radius 3 is 2.76 bits per heavy atom. The molecule has 2 rings (SSSR count). The van der Waals surface area contributed by atoms with Gasteiger partial charge in [-0.3, -0.25) is 4.79 Å². The number of carbonyl (C=O) groups is 2. The van der Waals surface area contributed by atoms with Gasteiger partial charge in [0, 0.05) is 18.3 Å². The summed E-state index contributed by atoms with van der Waals surface area (Å²) >= 11 is 11.8. The standard InChI is InChI=1S/C13H11Cl2N3O3/c14-9-3-1-2-8(11(9)15)12(19)18-10(13(20)21)4-7-5-16-6-17-7/h1-3,5-6,10H,4H2,(H,16,17)(H,18,19)(H,20,21). The lowest BCUT2D eigenvalue weighted by Gasteiger charge is -2.14. The summed E-state index contributed by atoms with van der Waals surface area (Å²) in [5.74, 6) is -1.76. The maximum Gasteiger partial charge on any atom is 0.326 e. The molecule has 1 amide bonds. The molecule has 0 radical (unpaired) electrons. The van der Waals surface area contributed by atoms with Gasteiger partial charge in [0.1, 0.15) is 6.04 Å². The molecule has 0 bridgehead atoms. The molecule has 1 aromatic carbocycles. The lowest BCUT2D eigenvalue weighted by molar-refractivity contribution is -0.139. The normalized spacial score (nSPS) is 11.9. The van der Waals surface area contributed by atoms with Gasteiger partial charge in [-0.25, -0.2) is 9.78 Å². The highest BCUT2D eigenvalue weighted by molar-refractivity contribution is 6.43. The SMILES string of the molecule is O=C(NC(Cc1cnc[nH]1)C(=O)O)c1cccc(Cl)c1Cl. The molecular formula is C13H11Cl2N3O3. The predicted octanol–water partition coefficient (Wildman–Crippen LogP) is 2.14. The van der Waals surface area contributed by atoms with Gasteiger partial charge in [0.05, 0.1) is 21.9 Å². The highest BCUT2D eigenvalue weighted by Gasteiger charge is 2.23. The minimum atomic E-state index is -1.16. The van der Waals surface area contributed by atoms with Crippen molar-refractivity contribution < 1.29 is 14.7 Å². The van der Waals surface area contributed by atoms with Crippen molar-refractivity contribution >= 4 is 35.1 Å². The van der Waals surface area contributed by atoms with Gasteiger partial charge >= 0.3 is 5.97 Å². The number of imidazole rings is 1. The van der Waals surface area contributed by atoms with Crippen LogP contribution >= 0.6 is 23.2 Å². The van der Waals surface area contributed by atoms with E-state index in [2.05, 4.69) is 15.3 Å². The molecule has 1 aromatic heterocycles. The van der Waals surface area contributed by atoms with Crippen LogP contribution in [-0.4, -0.2) is 33.0 Å². The van der Waals surface area contributed by atoms with E-state index in [1.807, 2.05) is 0 Å². The average Bonchev–Trinajstić information content (AvgIpc) is 2.93. The summed E-state index contributed by atoms with van der Waals surface area (Å²) in [5, 5.41) is 11.9. The molecule has 0 fully saturated rings. The molecule has 3 N–H and O–H groups in total. The van der Waals surface area contributed by atoms with Gasteiger partial charge in [0.25, 0.3) is 5.91 Å². The zero-order chi connectivity index (χ0) is 15.4. The van der Waals surface area contributed by atoms with Gasteiger partial charge in [-0.1, -0.05) is 29.3 Å². The first kappa shape index (κ1) is 15.3. The van der Waals surface area contributed by atoms with E-state index in [0.717, 1.165) is 0 Å². The number of nitrogens with zero attached hydrogens (tertiary/aromatic N) is 1. The van der Waals surface area contributed by atoms with Crippen molar-refractivity contribution in [3.63, 3.8) is 0 Å². The monoisotopic (exact) mass is 327 g/mol. The predicted molar refractivity (Wildman–Crippen MR) is 77.6 cm³/mol. The Labute approximate surface area is 130 Å². The van der Waals surface area contributed by atoms with Crippen molar-refractivity contribution in [2.45, 2.75) is 12.5 Å². The van der Waals surface area contributed by atoms with E-state index in [9.17, 15) is 14.7 Å².